The van der Waals surface area contributed by atoms with Gasteiger partial charge in [-0.25, -0.2) is 9.69 Å². The van der Waals surface area contributed by atoms with Gasteiger partial charge in [-0.2, -0.15) is 0 Å². The van der Waals surface area contributed by atoms with Gasteiger partial charge in [-0.05, 0) is 37.5 Å². The standard InChI is InChI=1S/C24H30N2O5/c1-16(2)31-22(13-18-9-10-21(29-3)19(11-18)14-25)23(27)26-20(15-30-24(26)28)12-17-7-5-4-6-8-17/h4-11,16,20,22H,12-15,25H2,1-3H3/t20-,22?/m0/s1. The van der Waals surface area contributed by atoms with Crippen LogP contribution in [-0.2, 0) is 33.7 Å². The number of nitrogens with two attached hydrogens (primary N) is 1. The van der Waals surface area contributed by atoms with Crippen molar-refractivity contribution in [2.24, 2.45) is 5.73 Å². The Morgan fingerprint density at radius 3 is 2.58 bits per heavy atom. The lowest BCUT2D eigenvalue weighted by Gasteiger charge is -2.26. The summed E-state index contributed by atoms with van der Waals surface area (Å²) in [6, 6.07) is 15.0. The van der Waals surface area contributed by atoms with E-state index in [0.717, 1.165) is 16.7 Å². The van der Waals surface area contributed by atoms with E-state index in [1.54, 1.807) is 7.11 Å². The number of amides is 2. The van der Waals surface area contributed by atoms with Crippen LogP contribution in [0.25, 0.3) is 0 Å². The van der Waals surface area contributed by atoms with Crippen molar-refractivity contribution in [2.75, 3.05) is 13.7 Å². The monoisotopic (exact) mass is 426 g/mol. The molecule has 31 heavy (non-hydrogen) atoms. The number of rotatable bonds is 9. The summed E-state index contributed by atoms with van der Waals surface area (Å²) in [5.74, 6) is 0.312. The highest BCUT2D eigenvalue weighted by Gasteiger charge is 2.41. The molecule has 7 heteroatoms. The van der Waals surface area contributed by atoms with E-state index in [9.17, 15) is 9.59 Å². The molecule has 1 heterocycles. The maximum atomic E-state index is 13.4. The van der Waals surface area contributed by atoms with Gasteiger partial charge in [-0.15, -0.1) is 0 Å². The van der Waals surface area contributed by atoms with Crippen LogP contribution in [0.2, 0.25) is 0 Å². The first-order valence-corrected chi connectivity index (χ1v) is 10.5. The summed E-state index contributed by atoms with van der Waals surface area (Å²) in [6.45, 7) is 4.22. The Bertz CT molecular complexity index is 900. The second-order valence-corrected chi connectivity index (χ2v) is 7.86. The van der Waals surface area contributed by atoms with Crippen LogP contribution in [0.1, 0.15) is 30.5 Å². The zero-order valence-electron chi connectivity index (χ0n) is 18.2. The van der Waals surface area contributed by atoms with Gasteiger partial charge in [-0.1, -0.05) is 42.5 Å². The highest BCUT2D eigenvalue weighted by molar-refractivity contribution is 5.96. The Morgan fingerprint density at radius 1 is 1.19 bits per heavy atom. The van der Waals surface area contributed by atoms with Gasteiger partial charge in [0.2, 0.25) is 0 Å². The van der Waals surface area contributed by atoms with Crippen LogP contribution in [0.4, 0.5) is 4.79 Å². The van der Waals surface area contributed by atoms with Gasteiger partial charge < -0.3 is 19.9 Å². The fourth-order valence-electron chi connectivity index (χ4n) is 3.78. The van der Waals surface area contributed by atoms with E-state index in [2.05, 4.69) is 0 Å². The molecule has 2 atom stereocenters. The minimum Gasteiger partial charge on any atom is -0.496 e. The third kappa shape index (κ3) is 5.62. The number of methoxy groups -OCH3 is 1. The highest BCUT2D eigenvalue weighted by Crippen LogP contribution is 2.24. The lowest BCUT2D eigenvalue weighted by Crippen LogP contribution is -2.47. The summed E-state index contributed by atoms with van der Waals surface area (Å²) in [5, 5.41) is 0. The summed E-state index contributed by atoms with van der Waals surface area (Å²) in [7, 11) is 1.59. The van der Waals surface area contributed by atoms with Crippen molar-refractivity contribution in [3.8, 4) is 5.75 Å². The average molecular weight is 427 g/mol. The number of imide groups is 1. The minimum absolute atomic E-state index is 0.174. The summed E-state index contributed by atoms with van der Waals surface area (Å²) >= 11 is 0. The van der Waals surface area contributed by atoms with E-state index in [1.807, 2.05) is 62.4 Å². The number of cyclic esters (lactones) is 1. The van der Waals surface area contributed by atoms with E-state index in [1.165, 1.54) is 4.90 Å². The molecule has 0 radical (unpaired) electrons. The van der Waals surface area contributed by atoms with Crippen LogP contribution in [0.15, 0.2) is 48.5 Å². The molecule has 1 saturated heterocycles. The van der Waals surface area contributed by atoms with E-state index in [-0.39, 0.29) is 24.7 Å². The van der Waals surface area contributed by atoms with Gasteiger partial charge in [0, 0.05) is 18.5 Å². The van der Waals surface area contributed by atoms with E-state index < -0.39 is 12.2 Å². The van der Waals surface area contributed by atoms with Crippen molar-refractivity contribution < 1.29 is 23.8 Å². The van der Waals surface area contributed by atoms with Crippen LogP contribution in [0, 0.1) is 0 Å². The SMILES string of the molecule is COc1ccc(CC(OC(C)C)C(=O)N2C(=O)OC[C@@H]2Cc2ccccc2)cc1CN. The molecule has 2 aromatic carbocycles. The normalized spacial score (nSPS) is 17.0. The highest BCUT2D eigenvalue weighted by atomic mass is 16.6. The van der Waals surface area contributed by atoms with Crippen LogP contribution in [-0.4, -0.2) is 48.9 Å². The van der Waals surface area contributed by atoms with Crippen LogP contribution in [0.5, 0.6) is 5.75 Å². The Balaban J connectivity index is 1.82. The third-order valence-corrected chi connectivity index (χ3v) is 5.21. The zero-order chi connectivity index (χ0) is 22.4. The van der Waals surface area contributed by atoms with E-state index in [0.29, 0.717) is 25.1 Å². The number of ether oxygens (including phenoxy) is 3. The number of benzene rings is 2. The molecule has 1 aliphatic rings. The molecule has 0 spiro atoms. The van der Waals surface area contributed by atoms with Crippen molar-refractivity contribution in [2.45, 2.75) is 51.5 Å². The molecule has 0 bridgehead atoms. The molecule has 7 nitrogen and oxygen atoms in total. The smallest absolute Gasteiger partial charge is 0.417 e. The number of carbonyl (C=O) groups excluding carboxylic acids is 2. The fourth-order valence-corrected chi connectivity index (χ4v) is 3.78. The lowest BCUT2D eigenvalue weighted by molar-refractivity contribution is -0.144. The van der Waals surface area contributed by atoms with E-state index >= 15 is 0 Å². The van der Waals surface area contributed by atoms with Crippen LogP contribution in [0.3, 0.4) is 0 Å². The largest absolute Gasteiger partial charge is 0.496 e. The summed E-state index contributed by atoms with van der Waals surface area (Å²) < 4.78 is 16.5. The predicted molar refractivity (Wildman–Crippen MR) is 117 cm³/mol. The van der Waals surface area contributed by atoms with Gasteiger partial charge >= 0.3 is 6.09 Å². The first-order chi connectivity index (χ1) is 14.9. The summed E-state index contributed by atoms with van der Waals surface area (Å²) in [6.07, 6.45) is -0.779. The van der Waals surface area contributed by atoms with Crippen molar-refractivity contribution >= 4 is 12.0 Å². The molecule has 0 aromatic heterocycles. The molecule has 2 N–H and O–H groups in total. The van der Waals surface area contributed by atoms with Gasteiger partial charge in [-0.3, -0.25) is 4.79 Å². The summed E-state index contributed by atoms with van der Waals surface area (Å²) in [4.78, 5) is 27.1. The molecular weight excluding hydrogens is 396 g/mol. The average Bonchev–Trinajstić information content (AvgIpc) is 3.12. The van der Waals surface area contributed by atoms with Crippen molar-refractivity contribution in [3.05, 3.63) is 65.2 Å². The number of hydrogen-bond donors (Lipinski definition) is 1. The Labute approximate surface area is 183 Å². The fraction of sp³-hybridized carbons (Fsp3) is 0.417. The Kier molecular flexibility index (Phi) is 7.65. The van der Waals surface area contributed by atoms with Gasteiger partial charge in [0.1, 0.15) is 18.5 Å². The zero-order valence-corrected chi connectivity index (χ0v) is 18.2. The molecule has 2 amide bonds. The third-order valence-electron chi connectivity index (χ3n) is 5.21. The topological polar surface area (TPSA) is 91.1 Å². The minimum atomic E-state index is -0.817. The molecule has 1 fully saturated rings. The summed E-state index contributed by atoms with van der Waals surface area (Å²) in [5.41, 5.74) is 8.59. The lowest BCUT2D eigenvalue weighted by atomic mass is 10.0. The number of hydrogen-bond acceptors (Lipinski definition) is 6. The van der Waals surface area contributed by atoms with Gasteiger partial charge in [0.05, 0.1) is 19.3 Å². The van der Waals surface area contributed by atoms with Crippen LogP contribution < -0.4 is 10.5 Å². The first kappa shape index (κ1) is 22.8. The Morgan fingerprint density at radius 2 is 1.94 bits per heavy atom. The number of carbonyl (C=O) groups is 2. The predicted octanol–water partition coefficient (Wildman–Crippen LogP) is 3.08. The maximum absolute atomic E-state index is 13.4. The van der Waals surface area contributed by atoms with Crippen LogP contribution >= 0.6 is 0 Å². The maximum Gasteiger partial charge on any atom is 0.417 e. The quantitative estimate of drug-likeness (QED) is 0.663. The first-order valence-electron chi connectivity index (χ1n) is 10.5. The molecule has 166 valence electrons. The van der Waals surface area contributed by atoms with Crippen molar-refractivity contribution in [1.29, 1.82) is 0 Å². The van der Waals surface area contributed by atoms with Gasteiger partial charge in [0.25, 0.3) is 5.91 Å². The van der Waals surface area contributed by atoms with Gasteiger partial charge in [0.15, 0.2) is 0 Å². The molecule has 1 aliphatic heterocycles. The van der Waals surface area contributed by atoms with Crippen molar-refractivity contribution in [3.63, 3.8) is 0 Å². The van der Waals surface area contributed by atoms with Crippen molar-refractivity contribution in [1.82, 2.24) is 4.90 Å². The molecule has 1 unspecified atom stereocenters. The molecule has 0 saturated carbocycles. The Hall–Kier alpha value is -2.90. The second-order valence-electron chi connectivity index (χ2n) is 7.86. The molecule has 2 aromatic rings. The van der Waals surface area contributed by atoms with E-state index in [4.69, 9.17) is 19.9 Å². The molecule has 0 aliphatic carbocycles. The second kappa shape index (κ2) is 10.4. The number of nitrogens with zero attached hydrogens (tertiary/aromatic N) is 1. The molecular formula is C24H30N2O5. The molecule has 3 rings (SSSR count).